The molecule has 2 aromatic carbocycles. The van der Waals surface area contributed by atoms with E-state index in [-0.39, 0.29) is 5.82 Å². The molecule has 3 aromatic rings. The van der Waals surface area contributed by atoms with E-state index in [0.29, 0.717) is 24.6 Å². The number of hydrogen-bond donors (Lipinski definition) is 3. The largest absolute Gasteiger partial charge is 0.352 e. The van der Waals surface area contributed by atoms with E-state index < -0.39 is 0 Å². The van der Waals surface area contributed by atoms with E-state index in [1.807, 2.05) is 24.3 Å². The Bertz CT molecular complexity index is 736. The summed E-state index contributed by atoms with van der Waals surface area (Å²) in [5.74, 6) is 0.346. The van der Waals surface area contributed by atoms with Gasteiger partial charge in [0, 0.05) is 13.1 Å². The summed E-state index contributed by atoms with van der Waals surface area (Å²) in [4.78, 5) is 7.41. The van der Waals surface area contributed by atoms with E-state index >= 15 is 0 Å². The molecule has 0 saturated carbocycles. The van der Waals surface area contributed by atoms with Crippen molar-refractivity contribution in [3.05, 3.63) is 59.4 Å². The van der Waals surface area contributed by atoms with Gasteiger partial charge in [-0.05, 0) is 29.3 Å². The summed E-state index contributed by atoms with van der Waals surface area (Å²) >= 11 is 0. The van der Waals surface area contributed by atoms with Gasteiger partial charge in [-0.1, -0.05) is 24.3 Å². The lowest BCUT2D eigenvalue weighted by molar-refractivity contribution is 0.629. The van der Waals surface area contributed by atoms with Crippen molar-refractivity contribution >= 4 is 17.0 Å². The number of halogens is 1. The van der Waals surface area contributed by atoms with E-state index in [2.05, 4.69) is 15.3 Å². The molecule has 4 nitrogen and oxygen atoms in total. The van der Waals surface area contributed by atoms with E-state index in [1.165, 1.54) is 12.1 Å². The Morgan fingerprint density at radius 1 is 1.15 bits per heavy atom. The number of benzene rings is 2. The summed E-state index contributed by atoms with van der Waals surface area (Å²) < 4.78 is 13.1. The molecule has 0 amide bonds. The van der Waals surface area contributed by atoms with Gasteiger partial charge in [-0.15, -0.1) is 0 Å². The van der Waals surface area contributed by atoms with Crippen LogP contribution in [0.25, 0.3) is 11.0 Å². The monoisotopic (exact) mass is 270 g/mol. The first-order valence-electron chi connectivity index (χ1n) is 6.42. The quantitative estimate of drug-likeness (QED) is 0.683. The minimum atomic E-state index is -0.277. The number of rotatable bonds is 4. The number of aromatic nitrogens is 2. The Hall–Kier alpha value is -2.40. The van der Waals surface area contributed by atoms with Crippen molar-refractivity contribution in [3.63, 3.8) is 0 Å². The van der Waals surface area contributed by atoms with Crippen LogP contribution in [0.4, 0.5) is 10.3 Å². The molecule has 0 spiro atoms. The lowest BCUT2D eigenvalue weighted by Gasteiger charge is -2.07. The molecule has 1 aromatic heterocycles. The van der Waals surface area contributed by atoms with E-state index in [0.717, 1.165) is 16.6 Å². The molecule has 0 fully saturated rings. The van der Waals surface area contributed by atoms with Crippen LogP contribution in [0.3, 0.4) is 0 Å². The molecule has 0 aliphatic heterocycles. The maximum atomic E-state index is 13.1. The molecule has 20 heavy (non-hydrogen) atoms. The highest BCUT2D eigenvalue weighted by Crippen LogP contribution is 2.16. The smallest absolute Gasteiger partial charge is 0.201 e. The minimum absolute atomic E-state index is 0.277. The third-order valence-corrected chi connectivity index (χ3v) is 3.23. The summed E-state index contributed by atoms with van der Waals surface area (Å²) in [6.07, 6.45) is 0. The van der Waals surface area contributed by atoms with Crippen LogP contribution >= 0.6 is 0 Å². The Balaban J connectivity index is 1.79. The maximum Gasteiger partial charge on any atom is 0.201 e. The van der Waals surface area contributed by atoms with Gasteiger partial charge in [0.2, 0.25) is 5.95 Å². The summed E-state index contributed by atoms with van der Waals surface area (Å²) in [7, 11) is 0. The van der Waals surface area contributed by atoms with Gasteiger partial charge in [-0.3, -0.25) is 0 Å². The lowest BCUT2D eigenvalue weighted by atomic mass is 10.1. The average Bonchev–Trinajstić information content (AvgIpc) is 2.87. The Labute approximate surface area is 115 Å². The van der Waals surface area contributed by atoms with Crippen molar-refractivity contribution in [2.45, 2.75) is 13.1 Å². The second kappa shape index (κ2) is 5.30. The van der Waals surface area contributed by atoms with Crippen LogP contribution in [-0.2, 0) is 13.1 Å². The normalized spacial score (nSPS) is 10.9. The van der Waals surface area contributed by atoms with Crippen LogP contribution in [0, 0.1) is 5.82 Å². The van der Waals surface area contributed by atoms with Crippen LogP contribution in [0.15, 0.2) is 42.5 Å². The molecule has 3 rings (SSSR count). The van der Waals surface area contributed by atoms with Gasteiger partial charge in [0.1, 0.15) is 5.82 Å². The number of imidazole rings is 1. The predicted octanol–water partition coefficient (Wildman–Crippen LogP) is 2.77. The van der Waals surface area contributed by atoms with Crippen molar-refractivity contribution in [2.24, 2.45) is 5.73 Å². The number of nitrogens with two attached hydrogens (primary N) is 1. The number of H-pyrrole nitrogens is 1. The molecular weight excluding hydrogens is 255 g/mol. The number of nitrogens with zero attached hydrogens (tertiary/aromatic N) is 1. The molecule has 4 N–H and O–H groups in total. The number of aromatic amines is 1. The van der Waals surface area contributed by atoms with Gasteiger partial charge in [-0.2, -0.15) is 0 Å². The van der Waals surface area contributed by atoms with Crippen molar-refractivity contribution in [1.82, 2.24) is 9.97 Å². The highest BCUT2D eigenvalue weighted by molar-refractivity contribution is 5.77. The lowest BCUT2D eigenvalue weighted by Crippen LogP contribution is -2.06. The first kappa shape index (κ1) is 12.6. The number of nitrogens with one attached hydrogen (secondary N) is 2. The third-order valence-electron chi connectivity index (χ3n) is 3.23. The standard InChI is InChI=1S/C15H15FN4/c16-12-5-6-13-14(7-12)20-15(19-13)18-9-11-4-2-1-3-10(11)8-17/h1-7H,8-9,17H2,(H2,18,19,20). The Kier molecular flexibility index (Phi) is 3.35. The molecular formula is C15H15FN4. The van der Waals surface area contributed by atoms with Crippen LogP contribution < -0.4 is 11.1 Å². The summed E-state index contributed by atoms with van der Waals surface area (Å²) in [6.45, 7) is 1.12. The molecule has 0 saturated heterocycles. The van der Waals surface area contributed by atoms with Crippen molar-refractivity contribution in [1.29, 1.82) is 0 Å². The fourth-order valence-electron chi connectivity index (χ4n) is 2.17. The van der Waals surface area contributed by atoms with Gasteiger partial charge in [-0.25, -0.2) is 9.37 Å². The molecule has 1 heterocycles. The number of anilines is 1. The van der Waals surface area contributed by atoms with Crippen molar-refractivity contribution < 1.29 is 4.39 Å². The van der Waals surface area contributed by atoms with Crippen LogP contribution in [0.5, 0.6) is 0 Å². The van der Waals surface area contributed by atoms with E-state index in [4.69, 9.17) is 5.73 Å². The number of fused-ring (bicyclic) bond motifs is 1. The molecule has 102 valence electrons. The third kappa shape index (κ3) is 2.48. The van der Waals surface area contributed by atoms with E-state index in [9.17, 15) is 4.39 Å². The second-order valence-electron chi connectivity index (χ2n) is 4.57. The molecule has 5 heteroatoms. The van der Waals surface area contributed by atoms with Gasteiger partial charge < -0.3 is 16.0 Å². The topological polar surface area (TPSA) is 66.7 Å². The van der Waals surface area contributed by atoms with Gasteiger partial charge in [0.25, 0.3) is 0 Å². The second-order valence-corrected chi connectivity index (χ2v) is 4.57. The van der Waals surface area contributed by atoms with Gasteiger partial charge >= 0.3 is 0 Å². The zero-order chi connectivity index (χ0) is 13.9. The van der Waals surface area contributed by atoms with Crippen molar-refractivity contribution in [3.8, 4) is 0 Å². The Morgan fingerprint density at radius 3 is 2.75 bits per heavy atom. The first-order chi connectivity index (χ1) is 9.76. The Morgan fingerprint density at radius 2 is 1.95 bits per heavy atom. The first-order valence-corrected chi connectivity index (χ1v) is 6.42. The summed E-state index contributed by atoms with van der Waals surface area (Å²) in [6, 6.07) is 12.5. The summed E-state index contributed by atoms with van der Waals surface area (Å²) in [5.41, 5.74) is 9.35. The minimum Gasteiger partial charge on any atom is -0.352 e. The molecule has 0 atom stereocenters. The predicted molar refractivity (Wildman–Crippen MR) is 77.7 cm³/mol. The average molecular weight is 270 g/mol. The maximum absolute atomic E-state index is 13.1. The van der Waals surface area contributed by atoms with Gasteiger partial charge in [0.05, 0.1) is 11.0 Å². The van der Waals surface area contributed by atoms with Crippen LogP contribution in [-0.4, -0.2) is 9.97 Å². The molecule has 0 bridgehead atoms. The zero-order valence-corrected chi connectivity index (χ0v) is 10.9. The van der Waals surface area contributed by atoms with E-state index in [1.54, 1.807) is 6.07 Å². The molecule has 0 aliphatic carbocycles. The highest BCUT2D eigenvalue weighted by Gasteiger charge is 2.05. The van der Waals surface area contributed by atoms with Crippen LogP contribution in [0.2, 0.25) is 0 Å². The number of hydrogen-bond acceptors (Lipinski definition) is 3. The fourth-order valence-corrected chi connectivity index (χ4v) is 2.17. The SMILES string of the molecule is NCc1ccccc1CNc1nc2ccc(F)cc2[nH]1. The molecule has 0 aliphatic rings. The molecule has 0 unspecified atom stereocenters. The van der Waals surface area contributed by atoms with Crippen molar-refractivity contribution in [2.75, 3.05) is 5.32 Å². The van der Waals surface area contributed by atoms with Gasteiger partial charge in [0.15, 0.2) is 0 Å². The highest BCUT2D eigenvalue weighted by atomic mass is 19.1. The summed E-state index contributed by atoms with van der Waals surface area (Å²) in [5, 5.41) is 3.20. The molecule has 0 radical (unpaired) electrons. The van der Waals surface area contributed by atoms with Crippen LogP contribution in [0.1, 0.15) is 11.1 Å². The zero-order valence-electron chi connectivity index (χ0n) is 10.9. The fraction of sp³-hybridized carbons (Fsp3) is 0.133.